The SMILES string of the molecule is CCCCN1C(C2CCCC2)=NS(=O)(=O)c2cc(NC(=O)OC)ccc21. The molecular weight excluding hydrogens is 354 g/mol. The van der Waals surface area contributed by atoms with Gasteiger partial charge >= 0.3 is 6.09 Å². The molecule has 1 aromatic rings. The van der Waals surface area contributed by atoms with Crippen LogP contribution in [0.1, 0.15) is 45.4 Å². The van der Waals surface area contributed by atoms with Crippen molar-refractivity contribution in [3.05, 3.63) is 18.2 Å². The number of unbranched alkanes of at least 4 members (excludes halogenated alkanes) is 1. The van der Waals surface area contributed by atoms with Crippen LogP contribution in [-0.2, 0) is 14.8 Å². The third-order valence-electron chi connectivity index (χ3n) is 4.91. The van der Waals surface area contributed by atoms with Crippen LogP contribution in [0.3, 0.4) is 0 Å². The molecule has 1 saturated carbocycles. The van der Waals surface area contributed by atoms with Crippen molar-refractivity contribution in [1.82, 2.24) is 0 Å². The van der Waals surface area contributed by atoms with Crippen LogP contribution in [0.15, 0.2) is 27.5 Å². The third-order valence-corrected chi connectivity index (χ3v) is 6.22. The Balaban J connectivity index is 2.03. The zero-order valence-corrected chi connectivity index (χ0v) is 16.0. The van der Waals surface area contributed by atoms with Crippen LogP contribution in [0.2, 0.25) is 0 Å². The van der Waals surface area contributed by atoms with Gasteiger partial charge in [-0.05, 0) is 37.5 Å². The Hall–Kier alpha value is -2.09. The lowest BCUT2D eigenvalue weighted by atomic mass is 10.0. The van der Waals surface area contributed by atoms with Crippen molar-refractivity contribution in [2.75, 3.05) is 23.9 Å². The molecule has 1 amide bonds. The zero-order chi connectivity index (χ0) is 18.7. The number of methoxy groups -OCH3 is 1. The molecule has 7 nitrogen and oxygen atoms in total. The predicted octanol–water partition coefficient (Wildman–Crippen LogP) is 3.76. The predicted molar refractivity (Wildman–Crippen MR) is 101 cm³/mol. The van der Waals surface area contributed by atoms with E-state index >= 15 is 0 Å². The van der Waals surface area contributed by atoms with Crippen molar-refractivity contribution in [1.29, 1.82) is 0 Å². The average Bonchev–Trinajstić information content (AvgIpc) is 3.15. The number of hydrogen-bond acceptors (Lipinski definition) is 5. The minimum Gasteiger partial charge on any atom is -0.453 e. The van der Waals surface area contributed by atoms with E-state index in [4.69, 9.17) is 0 Å². The van der Waals surface area contributed by atoms with Crippen molar-refractivity contribution >= 4 is 33.3 Å². The first-order valence-corrected chi connectivity index (χ1v) is 10.5. The Morgan fingerprint density at radius 3 is 2.73 bits per heavy atom. The van der Waals surface area contributed by atoms with Crippen LogP contribution in [0.25, 0.3) is 0 Å². The second-order valence-corrected chi connectivity index (χ2v) is 8.28. The van der Waals surface area contributed by atoms with Gasteiger partial charge in [-0.3, -0.25) is 5.32 Å². The summed E-state index contributed by atoms with van der Waals surface area (Å²) in [6, 6.07) is 4.90. The maximum Gasteiger partial charge on any atom is 0.411 e. The number of anilines is 2. The number of benzene rings is 1. The largest absolute Gasteiger partial charge is 0.453 e. The smallest absolute Gasteiger partial charge is 0.411 e. The van der Waals surface area contributed by atoms with Gasteiger partial charge < -0.3 is 9.64 Å². The lowest BCUT2D eigenvalue weighted by Crippen LogP contribution is -2.40. The summed E-state index contributed by atoms with van der Waals surface area (Å²) in [5.74, 6) is 0.875. The number of carbonyl (C=O) groups excluding carboxylic acids is 1. The van der Waals surface area contributed by atoms with Crippen molar-refractivity contribution < 1.29 is 17.9 Å². The number of amides is 1. The van der Waals surface area contributed by atoms with Crippen molar-refractivity contribution in [3.8, 4) is 0 Å². The Morgan fingerprint density at radius 2 is 2.08 bits per heavy atom. The zero-order valence-electron chi connectivity index (χ0n) is 15.2. The quantitative estimate of drug-likeness (QED) is 0.841. The first kappa shape index (κ1) is 18.7. The van der Waals surface area contributed by atoms with Gasteiger partial charge in [-0.25, -0.2) is 4.79 Å². The van der Waals surface area contributed by atoms with E-state index < -0.39 is 16.1 Å². The number of amidine groups is 1. The second kappa shape index (κ2) is 7.65. The molecule has 142 valence electrons. The van der Waals surface area contributed by atoms with Crippen LogP contribution in [0.4, 0.5) is 16.2 Å². The molecule has 26 heavy (non-hydrogen) atoms. The normalized spacial score (nSPS) is 19.0. The van der Waals surface area contributed by atoms with Crippen LogP contribution in [0, 0.1) is 5.92 Å². The molecule has 0 bridgehead atoms. The van der Waals surface area contributed by atoms with Crippen LogP contribution >= 0.6 is 0 Å². The molecule has 8 heteroatoms. The van der Waals surface area contributed by atoms with Gasteiger partial charge in [0, 0.05) is 18.2 Å². The maximum atomic E-state index is 12.8. The molecular formula is C18H25N3O4S. The number of ether oxygens (including phenoxy) is 1. The highest BCUT2D eigenvalue weighted by Gasteiger charge is 2.35. The lowest BCUT2D eigenvalue weighted by Gasteiger charge is -2.33. The van der Waals surface area contributed by atoms with E-state index in [9.17, 15) is 13.2 Å². The fraction of sp³-hybridized carbons (Fsp3) is 0.556. The molecule has 0 aromatic heterocycles. The van der Waals surface area contributed by atoms with E-state index in [1.165, 1.54) is 13.2 Å². The lowest BCUT2D eigenvalue weighted by molar-refractivity contribution is 0.187. The molecule has 0 spiro atoms. The van der Waals surface area contributed by atoms with Crippen LogP contribution in [0.5, 0.6) is 0 Å². The highest BCUT2D eigenvalue weighted by atomic mass is 32.2. The maximum absolute atomic E-state index is 12.8. The molecule has 0 radical (unpaired) electrons. The average molecular weight is 379 g/mol. The summed E-state index contributed by atoms with van der Waals surface area (Å²) in [6.45, 7) is 2.84. The Bertz CT molecular complexity index is 814. The summed E-state index contributed by atoms with van der Waals surface area (Å²) in [5, 5.41) is 2.51. The van der Waals surface area contributed by atoms with E-state index in [0.717, 1.165) is 45.1 Å². The van der Waals surface area contributed by atoms with E-state index in [-0.39, 0.29) is 10.8 Å². The minimum absolute atomic E-state index is 0.129. The number of nitrogens with one attached hydrogen (secondary N) is 1. The van der Waals surface area contributed by atoms with Gasteiger partial charge in [-0.1, -0.05) is 26.2 Å². The molecule has 0 unspecified atom stereocenters. The fourth-order valence-electron chi connectivity index (χ4n) is 3.57. The number of carbonyl (C=O) groups is 1. The molecule has 0 atom stereocenters. The van der Waals surface area contributed by atoms with Gasteiger partial charge in [-0.15, -0.1) is 4.40 Å². The number of rotatable bonds is 5. The number of nitrogens with zero attached hydrogens (tertiary/aromatic N) is 2. The van der Waals surface area contributed by atoms with E-state index in [1.54, 1.807) is 12.1 Å². The molecule has 1 aromatic carbocycles. The molecule has 1 aliphatic carbocycles. The Kier molecular flexibility index (Phi) is 5.50. The highest BCUT2D eigenvalue weighted by molar-refractivity contribution is 7.90. The standard InChI is InChI=1S/C18H25N3O4S/c1-3-4-11-21-15-10-9-14(19-18(22)25-2)12-16(15)26(23,24)20-17(21)13-7-5-6-8-13/h9-10,12-13H,3-8,11H2,1-2H3,(H,19,22). The molecule has 1 fully saturated rings. The van der Waals surface area contributed by atoms with E-state index in [1.807, 2.05) is 0 Å². The summed E-state index contributed by atoms with van der Waals surface area (Å²) < 4.78 is 34.4. The first-order valence-electron chi connectivity index (χ1n) is 9.07. The number of hydrogen-bond donors (Lipinski definition) is 1. The fourth-order valence-corrected chi connectivity index (χ4v) is 4.88. The second-order valence-electron chi connectivity index (χ2n) is 6.71. The van der Waals surface area contributed by atoms with E-state index in [0.29, 0.717) is 17.2 Å². The minimum atomic E-state index is -3.80. The van der Waals surface area contributed by atoms with Gasteiger partial charge in [0.2, 0.25) is 0 Å². The summed E-state index contributed by atoms with van der Waals surface area (Å²) in [6.07, 6.45) is 5.51. The third kappa shape index (κ3) is 3.70. The first-order chi connectivity index (χ1) is 12.5. The molecule has 2 aliphatic rings. The molecule has 3 rings (SSSR count). The van der Waals surface area contributed by atoms with Gasteiger partial charge in [0.05, 0.1) is 12.8 Å². The Morgan fingerprint density at radius 1 is 1.35 bits per heavy atom. The van der Waals surface area contributed by atoms with Crippen LogP contribution in [-0.4, -0.2) is 34.0 Å². The molecule has 1 aliphatic heterocycles. The summed E-state index contributed by atoms with van der Waals surface area (Å²) in [4.78, 5) is 13.6. The van der Waals surface area contributed by atoms with Crippen molar-refractivity contribution in [3.63, 3.8) is 0 Å². The summed E-state index contributed by atoms with van der Waals surface area (Å²) in [7, 11) is -2.54. The van der Waals surface area contributed by atoms with Gasteiger partial charge in [0.1, 0.15) is 10.7 Å². The van der Waals surface area contributed by atoms with Gasteiger partial charge in [0.15, 0.2) is 0 Å². The highest BCUT2D eigenvalue weighted by Crippen LogP contribution is 2.38. The summed E-state index contributed by atoms with van der Waals surface area (Å²) in [5.41, 5.74) is 1.01. The van der Waals surface area contributed by atoms with E-state index in [2.05, 4.69) is 26.3 Å². The van der Waals surface area contributed by atoms with Crippen molar-refractivity contribution in [2.45, 2.75) is 50.3 Å². The monoisotopic (exact) mass is 379 g/mol. The molecule has 0 saturated heterocycles. The Labute approximate surface area is 154 Å². The van der Waals surface area contributed by atoms with Gasteiger partial charge in [0.25, 0.3) is 10.0 Å². The summed E-state index contributed by atoms with van der Waals surface area (Å²) >= 11 is 0. The number of sulfonamides is 1. The number of fused-ring (bicyclic) bond motifs is 1. The van der Waals surface area contributed by atoms with Crippen LogP contribution < -0.4 is 10.2 Å². The molecule has 1 N–H and O–H groups in total. The van der Waals surface area contributed by atoms with Crippen molar-refractivity contribution in [2.24, 2.45) is 10.3 Å². The topological polar surface area (TPSA) is 88.1 Å². The molecule has 1 heterocycles. The van der Waals surface area contributed by atoms with Gasteiger partial charge in [-0.2, -0.15) is 8.42 Å².